The first-order valence-electron chi connectivity index (χ1n) is 8.02. The van der Waals surface area contributed by atoms with Crippen LogP contribution < -0.4 is 10.6 Å². The highest BCUT2D eigenvalue weighted by atomic mass is 16.5. The maximum atomic E-state index is 5.34. The van der Waals surface area contributed by atoms with E-state index in [0.717, 1.165) is 48.2 Å². The number of aromatic nitrogens is 1. The monoisotopic (exact) mass is 318 g/mol. The van der Waals surface area contributed by atoms with Crippen molar-refractivity contribution < 1.29 is 8.94 Å². The normalized spacial score (nSPS) is 12.0. The van der Waals surface area contributed by atoms with Crippen LogP contribution in [0.15, 0.2) is 32.3 Å². The number of nitrogens with one attached hydrogen (secondary N) is 2. The van der Waals surface area contributed by atoms with Gasteiger partial charge in [-0.05, 0) is 31.9 Å². The van der Waals surface area contributed by atoms with Crippen LogP contribution in [0.5, 0.6) is 0 Å². The summed E-state index contributed by atoms with van der Waals surface area (Å²) >= 11 is 0. The fourth-order valence-corrected chi connectivity index (χ4v) is 2.12. The lowest BCUT2D eigenvalue weighted by Crippen LogP contribution is -2.40. The summed E-state index contributed by atoms with van der Waals surface area (Å²) in [4.78, 5) is 4.64. The quantitative estimate of drug-likeness (QED) is 0.606. The highest BCUT2D eigenvalue weighted by Crippen LogP contribution is 2.13. The Morgan fingerprint density at radius 2 is 2.13 bits per heavy atom. The Hall–Kier alpha value is -2.24. The van der Waals surface area contributed by atoms with Crippen molar-refractivity contribution in [2.45, 2.75) is 40.7 Å². The minimum atomic E-state index is 0.547. The molecule has 126 valence electrons. The van der Waals surface area contributed by atoms with E-state index in [4.69, 9.17) is 8.94 Å². The van der Waals surface area contributed by atoms with Crippen LogP contribution in [0.3, 0.4) is 0 Å². The molecule has 6 heteroatoms. The van der Waals surface area contributed by atoms with Crippen molar-refractivity contribution in [3.63, 3.8) is 0 Å². The number of guanidine groups is 1. The van der Waals surface area contributed by atoms with Crippen LogP contribution in [0.2, 0.25) is 0 Å². The molecular weight excluding hydrogens is 292 g/mol. The van der Waals surface area contributed by atoms with Gasteiger partial charge in [0, 0.05) is 25.1 Å². The van der Waals surface area contributed by atoms with Crippen LogP contribution >= 0.6 is 0 Å². The Kier molecular flexibility index (Phi) is 6.26. The van der Waals surface area contributed by atoms with Gasteiger partial charge in [0.1, 0.15) is 11.5 Å². The van der Waals surface area contributed by atoms with Crippen molar-refractivity contribution in [1.82, 2.24) is 15.8 Å². The second-order valence-corrected chi connectivity index (χ2v) is 6.00. The predicted molar refractivity (Wildman–Crippen MR) is 90.4 cm³/mol. The first-order valence-corrected chi connectivity index (χ1v) is 8.02. The van der Waals surface area contributed by atoms with Gasteiger partial charge in [0.15, 0.2) is 5.96 Å². The number of nitrogens with zero attached hydrogens (tertiary/aromatic N) is 2. The fraction of sp³-hybridized carbons (Fsp3) is 0.529. The molecule has 0 atom stereocenters. The van der Waals surface area contributed by atoms with Crippen molar-refractivity contribution in [3.8, 4) is 0 Å². The Bertz CT molecular complexity index is 595. The van der Waals surface area contributed by atoms with E-state index in [1.807, 2.05) is 26.0 Å². The summed E-state index contributed by atoms with van der Waals surface area (Å²) in [5.41, 5.74) is 1.94. The van der Waals surface area contributed by atoms with Crippen LogP contribution in [-0.4, -0.2) is 24.2 Å². The Labute approximate surface area is 137 Å². The van der Waals surface area contributed by atoms with Crippen LogP contribution in [0.4, 0.5) is 0 Å². The molecule has 0 saturated carbocycles. The number of aryl methyl sites for hydroxylation is 2. The van der Waals surface area contributed by atoms with Crippen molar-refractivity contribution in [1.29, 1.82) is 0 Å². The molecule has 0 aliphatic carbocycles. The molecular formula is C17H26N4O2. The Balaban J connectivity index is 1.93. The molecule has 2 aromatic heterocycles. The summed E-state index contributed by atoms with van der Waals surface area (Å²) in [6.07, 6.45) is 2.51. The zero-order valence-corrected chi connectivity index (χ0v) is 14.3. The molecule has 0 aromatic carbocycles. The van der Waals surface area contributed by atoms with Gasteiger partial charge in [-0.25, -0.2) is 4.99 Å². The number of rotatable bonds is 7. The molecule has 0 spiro atoms. The summed E-state index contributed by atoms with van der Waals surface area (Å²) in [5, 5.41) is 10.7. The van der Waals surface area contributed by atoms with Crippen molar-refractivity contribution in [3.05, 3.63) is 41.2 Å². The number of aliphatic imine (C=N–C) groups is 1. The molecule has 23 heavy (non-hydrogen) atoms. The van der Waals surface area contributed by atoms with E-state index >= 15 is 0 Å². The summed E-state index contributed by atoms with van der Waals surface area (Å²) in [6.45, 7) is 10.4. The van der Waals surface area contributed by atoms with Gasteiger partial charge >= 0.3 is 0 Å². The van der Waals surface area contributed by atoms with Crippen LogP contribution in [0, 0.1) is 19.8 Å². The third kappa shape index (κ3) is 5.47. The van der Waals surface area contributed by atoms with Gasteiger partial charge in [-0.2, -0.15) is 0 Å². The van der Waals surface area contributed by atoms with E-state index in [1.54, 1.807) is 6.26 Å². The van der Waals surface area contributed by atoms with E-state index in [0.29, 0.717) is 12.5 Å². The summed E-state index contributed by atoms with van der Waals surface area (Å²) < 4.78 is 10.5. The van der Waals surface area contributed by atoms with E-state index in [1.165, 1.54) is 0 Å². The Morgan fingerprint density at radius 1 is 1.30 bits per heavy atom. The minimum absolute atomic E-state index is 0.547. The number of furan rings is 1. The molecule has 2 aromatic rings. The van der Waals surface area contributed by atoms with Gasteiger partial charge in [-0.15, -0.1) is 0 Å². The lowest BCUT2D eigenvalue weighted by molar-refractivity contribution is 0.392. The lowest BCUT2D eigenvalue weighted by Gasteiger charge is -2.13. The molecule has 0 aliphatic rings. The van der Waals surface area contributed by atoms with Gasteiger partial charge in [-0.1, -0.05) is 19.0 Å². The van der Waals surface area contributed by atoms with Crippen LogP contribution in [0.1, 0.15) is 36.6 Å². The highest BCUT2D eigenvalue weighted by molar-refractivity contribution is 5.79. The molecule has 0 radical (unpaired) electrons. The maximum absolute atomic E-state index is 5.34. The van der Waals surface area contributed by atoms with Gasteiger partial charge in [-0.3, -0.25) is 0 Å². The molecule has 0 unspecified atom stereocenters. The van der Waals surface area contributed by atoms with E-state index in [9.17, 15) is 0 Å². The molecule has 0 aliphatic heterocycles. The second-order valence-electron chi connectivity index (χ2n) is 6.00. The molecule has 0 bridgehead atoms. The molecule has 0 fully saturated rings. The van der Waals surface area contributed by atoms with Gasteiger partial charge < -0.3 is 19.6 Å². The van der Waals surface area contributed by atoms with E-state index in [2.05, 4.69) is 34.6 Å². The third-order valence-corrected chi connectivity index (χ3v) is 3.50. The zero-order valence-electron chi connectivity index (χ0n) is 14.3. The molecule has 0 amide bonds. The minimum Gasteiger partial charge on any atom is -0.469 e. The third-order valence-electron chi connectivity index (χ3n) is 3.50. The fourth-order valence-electron chi connectivity index (χ4n) is 2.12. The van der Waals surface area contributed by atoms with Crippen molar-refractivity contribution >= 4 is 5.96 Å². The average Bonchev–Trinajstić information content (AvgIpc) is 3.13. The van der Waals surface area contributed by atoms with E-state index in [-0.39, 0.29) is 0 Å². The molecule has 0 saturated heterocycles. The molecule has 6 nitrogen and oxygen atoms in total. The average molecular weight is 318 g/mol. The van der Waals surface area contributed by atoms with Crippen molar-refractivity contribution in [2.75, 3.05) is 13.1 Å². The molecule has 2 N–H and O–H groups in total. The summed E-state index contributed by atoms with van der Waals surface area (Å²) in [7, 11) is 0. The molecule has 2 heterocycles. The lowest BCUT2D eigenvalue weighted by atomic mass is 10.2. The SMILES string of the molecule is Cc1noc(C)c1CN=C(NCCc1ccco1)NCC(C)C. The maximum Gasteiger partial charge on any atom is 0.191 e. The van der Waals surface area contributed by atoms with Crippen LogP contribution in [-0.2, 0) is 13.0 Å². The van der Waals surface area contributed by atoms with Gasteiger partial charge in [0.2, 0.25) is 0 Å². The van der Waals surface area contributed by atoms with E-state index < -0.39 is 0 Å². The second kappa shape index (κ2) is 8.41. The topological polar surface area (TPSA) is 75.6 Å². The zero-order chi connectivity index (χ0) is 16.7. The van der Waals surface area contributed by atoms with Crippen LogP contribution in [0.25, 0.3) is 0 Å². The first-order chi connectivity index (χ1) is 11.1. The summed E-state index contributed by atoms with van der Waals surface area (Å²) in [6, 6.07) is 3.88. The number of hydrogen-bond acceptors (Lipinski definition) is 4. The Morgan fingerprint density at radius 3 is 2.74 bits per heavy atom. The predicted octanol–water partition coefficient (Wildman–Crippen LogP) is 2.82. The number of hydrogen-bond donors (Lipinski definition) is 2. The van der Waals surface area contributed by atoms with Gasteiger partial charge in [0.25, 0.3) is 0 Å². The standard InChI is InChI=1S/C17H26N4O2/c1-12(2)10-19-17(18-8-7-15-6-5-9-22-15)20-11-16-13(3)21-23-14(16)4/h5-6,9,12H,7-8,10-11H2,1-4H3,(H2,18,19,20). The van der Waals surface area contributed by atoms with Crippen molar-refractivity contribution in [2.24, 2.45) is 10.9 Å². The first kappa shape index (κ1) is 17.1. The summed E-state index contributed by atoms with van der Waals surface area (Å²) in [5.74, 6) is 3.13. The smallest absolute Gasteiger partial charge is 0.191 e. The highest BCUT2D eigenvalue weighted by Gasteiger charge is 2.09. The largest absolute Gasteiger partial charge is 0.469 e. The molecule has 2 rings (SSSR count). The van der Waals surface area contributed by atoms with Gasteiger partial charge in [0.05, 0.1) is 18.5 Å².